The summed E-state index contributed by atoms with van der Waals surface area (Å²) in [6, 6.07) is 53.7. The molecular weight excluding hydrogens is 671 g/mol. The third-order valence-electron chi connectivity index (χ3n) is 12.5. The monoisotopic (exact) mass is 704 g/mol. The lowest BCUT2D eigenvalue weighted by molar-refractivity contribution is 0.590. The zero-order chi connectivity index (χ0) is 36.3. The highest BCUT2D eigenvalue weighted by atomic mass is 16.3. The zero-order valence-corrected chi connectivity index (χ0v) is 30.6. The van der Waals surface area contributed by atoms with Gasteiger partial charge in [-0.3, -0.25) is 0 Å². The molecule has 0 radical (unpaired) electrons. The van der Waals surface area contributed by atoms with Gasteiger partial charge in [-0.1, -0.05) is 106 Å². The maximum atomic E-state index is 6.67. The van der Waals surface area contributed by atoms with Gasteiger partial charge >= 0.3 is 6.85 Å². The molecule has 5 heterocycles. The molecule has 0 bridgehead atoms. The highest BCUT2D eigenvalue weighted by molar-refractivity contribution is 6.94. The summed E-state index contributed by atoms with van der Waals surface area (Å²) in [5.41, 5.74) is 16.1. The van der Waals surface area contributed by atoms with E-state index in [1.807, 2.05) is 6.07 Å². The molecule has 0 saturated heterocycles. The van der Waals surface area contributed by atoms with Crippen LogP contribution in [0.5, 0.6) is 0 Å². The van der Waals surface area contributed by atoms with Crippen molar-refractivity contribution in [2.24, 2.45) is 0 Å². The first kappa shape index (κ1) is 29.7. The van der Waals surface area contributed by atoms with E-state index in [1.165, 1.54) is 77.3 Å². The van der Waals surface area contributed by atoms with Crippen molar-refractivity contribution in [1.29, 1.82) is 0 Å². The number of hydrogen-bond acceptors (Lipinski definition) is 3. The van der Waals surface area contributed by atoms with Gasteiger partial charge < -0.3 is 18.2 Å². The lowest BCUT2D eigenvalue weighted by atomic mass is 9.44. The topological polar surface area (TPSA) is 34.5 Å². The fraction of sp³-hybridized carbons (Fsp3) is 0.0800. The van der Waals surface area contributed by atoms with Crippen LogP contribution in [0.1, 0.15) is 26.3 Å². The van der Waals surface area contributed by atoms with Crippen LogP contribution in [0.25, 0.3) is 93.3 Å². The predicted molar refractivity (Wildman–Crippen MR) is 231 cm³/mol. The fourth-order valence-corrected chi connectivity index (χ4v) is 9.91. The SMILES string of the molecule is CC(C)(C)c1ccc(N2B3c4cc5oc6ccccc6c5cc4-n4c5cc6c(cc5c5ccc(c3c54)-c3cc4ccccc4cc32)oc2ccccc26)cc1. The van der Waals surface area contributed by atoms with Crippen molar-refractivity contribution in [1.82, 2.24) is 4.57 Å². The van der Waals surface area contributed by atoms with E-state index in [2.05, 4.69) is 170 Å². The van der Waals surface area contributed by atoms with Crippen LogP contribution >= 0.6 is 0 Å². The maximum absolute atomic E-state index is 6.67. The number of aromatic nitrogens is 1. The quantitative estimate of drug-likeness (QED) is 0.160. The van der Waals surface area contributed by atoms with Crippen LogP contribution in [0, 0.1) is 0 Å². The Hall–Kier alpha value is -6.72. The summed E-state index contributed by atoms with van der Waals surface area (Å²) >= 11 is 0. The van der Waals surface area contributed by atoms with Crippen LogP contribution in [-0.4, -0.2) is 11.4 Å². The fourth-order valence-electron chi connectivity index (χ4n) is 9.91. The zero-order valence-electron chi connectivity index (χ0n) is 30.6. The number of nitrogens with zero attached hydrogens (tertiary/aromatic N) is 2. The molecule has 11 aromatic rings. The third kappa shape index (κ3) is 3.82. The summed E-state index contributed by atoms with van der Waals surface area (Å²) in [5.74, 6) is 0. The number of fused-ring (bicyclic) bond motifs is 15. The lowest BCUT2D eigenvalue weighted by Gasteiger charge is -2.42. The first-order chi connectivity index (χ1) is 26.9. The Labute approximate surface area is 316 Å². The Morgan fingerprint density at radius 2 is 1.15 bits per heavy atom. The Kier molecular flexibility index (Phi) is 5.44. The summed E-state index contributed by atoms with van der Waals surface area (Å²) in [6.07, 6.45) is 0. The minimum Gasteiger partial charge on any atom is -0.456 e. The Morgan fingerprint density at radius 1 is 0.491 bits per heavy atom. The van der Waals surface area contributed by atoms with Crippen LogP contribution in [0.2, 0.25) is 0 Å². The summed E-state index contributed by atoms with van der Waals surface area (Å²) < 4.78 is 15.7. The number of anilines is 2. The number of hydrogen-bond donors (Lipinski definition) is 0. The normalized spacial score (nSPS) is 13.7. The van der Waals surface area contributed by atoms with Gasteiger partial charge in [0.15, 0.2) is 0 Å². The van der Waals surface area contributed by atoms with Gasteiger partial charge in [0.2, 0.25) is 0 Å². The van der Waals surface area contributed by atoms with E-state index in [4.69, 9.17) is 8.83 Å². The average molecular weight is 705 g/mol. The van der Waals surface area contributed by atoms with Gasteiger partial charge in [0, 0.05) is 54.9 Å². The minimum absolute atomic E-state index is 0.0447. The van der Waals surface area contributed by atoms with Gasteiger partial charge in [0.05, 0.1) is 11.0 Å². The second-order valence-electron chi connectivity index (χ2n) is 16.5. The molecule has 0 saturated carbocycles. The van der Waals surface area contributed by atoms with Crippen LogP contribution in [0.15, 0.2) is 154 Å². The molecule has 55 heavy (non-hydrogen) atoms. The van der Waals surface area contributed by atoms with Crippen LogP contribution in [0.4, 0.5) is 11.4 Å². The van der Waals surface area contributed by atoms with Crippen molar-refractivity contribution >= 4 is 106 Å². The van der Waals surface area contributed by atoms with Crippen molar-refractivity contribution in [3.05, 3.63) is 151 Å². The number of furan rings is 2. The molecule has 0 atom stereocenters. The van der Waals surface area contributed by atoms with E-state index in [0.29, 0.717) is 0 Å². The maximum Gasteiger partial charge on any atom is 0.333 e. The summed E-state index contributed by atoms with van der Waals surface area (Å²) in [7, 11) is 0. The van der Waals surface area contributed by atoms with Crippen molar-refractivity contribution in [2.45, 2.75) is 26.2 Å². The highest BCUT2D eigenvalue weighted by Gasteiger charge is 2.44. The summed E-state index contributed by atoms with van der Waals surface area (Å²) in [4.78, 5) is 2.60. The van der Waals surface area contributed by atoms with Gasteiger partial charge in [0.25, 0.3) is 0 Å². The molecule has 0 N–H and O–H groups in total. The Bertz CT molecular complexity index is 3490. The standard InChI is InChI=1S/C50H33BN2O2/c1-50(2,3)30-16-18-31(19-17-30)53-42-23-29-11-5-4-10-28(29)22-36(42)34-20-21-35-37-26-46-38(32-12-6-8-14-44(32)54-46)24-41(37)52-43-25-39-33-13-7-9-15-45(33)55-47(39)27-40(43)51(53)48(34)49(35)52/h4-27H,1-3H3. The molecular formula is C50H33BN2O2. The second-order valence-corrected chi connectivity index (χ2v) is 16.5. The van der Waals surface area contributed by atoms with Gasteiger partial charge in [-0.2, -0.15) is 0 Å². The Balaban J connectivity index is 1.22. The molecule has 0 aliphatic carbocycles. The third-order valence-corrected chi connectivity index (χ3v) is 12.5. The second kappa shape index (κ2) is 10.1. The van der Waals surface area contributed by atoms with E-state index in [-0.39, 0.29) is 12.3 Å². The molecule has 3 aromatic heterocycles. The molecule has 13 rings (SSSR count). The lowest BCUT2D eigenvalue weighted by Crippen LogP contribution is -2.60. The summed E-state index contributed by atoms with van der Waals surface area (Å²) in [5, 5.41) is 9.42. The van der Waals surface area contributed by atoms with Crippen molar-refractivity contribution in [3.63, 3.8) is 0 Å². The van der Waals surface area contributed by atoms with E-state index in [9.17, 15) is 0 Å². The van der Waals surface area contributed by atoms with E-state index >= 15 is 0 Å². The first-order valence-electron chi connectivity index (χ1n) is 19.2. The number of rotatable bonds is 1. The molecule has 0 fully saturated rings. The van der Waals surface area contributed by atoms with Crippen molar-refractivity contribution in [2.75, 3.05) is 4.81 Å². The van der Waals surface area contributed by atoms with E-state index < -0.39 is 0 Å². The van der Waals surface area contributed by atoms with Gasteiger partial charge in [0.1, 0.15) is 22.3 Å². The van der Waals surface area contributed by atoms with E-state index in [0.717, 1.165) is 43.9 Å². The summed E-state index contributed by atoms with van der Waals surface area (Å²) in [6.45, 7) is 6.74. The van der Waals surface area contributed by atoms with Crippen molar-refractivity contribution < 1.29 is 8.83 Å². The van der Waals surface area contributed by atoms with Gasteiger partial charge in [-0.15, -0.1) is 0 Å². The average Bonchev–Trinajstić information content (AvgIpc) is 3.86. The van der Waals surface area contributed by atoms with Crippen molar-refractivity contribution in [3.8, 4) is 16.8 Å². The van der Waals surface area contributed by atoms with E-state index in [1.54, 1.807) is 0 Å². The smallest absolute Gasteiger partial charge is 0.333 e. The Morgan fingerprint density at radius 3 is 1.87 bits per heavy atom. The number of benzene rings is 8. The molecule has 0 amide bonds. The van der Waals surface area contributed by atoms with Gasteiger partial charge in [-0.05, 0) is 98.9 Å². The first-order valence-corrected chi connectivity index (χ1v) is 19.2. The molecule has 2 aliphatic rings. The molecule has 4 nitrogen and oxygen atoms in total. The molecule has 5 heteroatoms. The largest absolute Gasteiger partial charge is 0.456 e. The molecule has 258 valence electrons. The highest BCUT2D eigenvalue weighted by Crippen LogP contribution is 2.48. The minimum atomic E-state index is -0.110. The molecule has 8 aromatic carbocycles. The molecule has 0 unspecified atom stereocenters. The van der Waals surface area contributed by atoms with Gasteiger partial charge in [-0.25, -0.2) is 0 Å². The number of para-hydroxylation sites is 2. The van der Waals surface area contributed by atoms with Crippen LogP contribution in [-0.2, 0) is 5.41 Å². The molecule has 2 aliphatic heterocycles. The van der Waals surface area contributed by atoms with Crippen LogP contribution in [0.3, 0.4) is 0 Å². The van der Waals surface area contributed by atoms with Crippen LogP contribution < -0.4 is 15.7 Å². The predicted octanol–water partition coefficient (Wildman–Crippen LogP) is 12.3. The molecule has 0 spiro atoms.